The van der Waals surface area contributed by atoms with Crippen molar-refractivity contribution in [3.05, 3.63) is 41.5 Å². The Kier molecular flexibility index (Phi) is 5.58. The number of hydrogen-bond acceptors (Lipinski definition) is 2. The highest BCUT2D eigenvalue weighted by Gasteiger charge is 2.17. The summed E-state index contributed by atoms with van der Waals surface area (Å²) in [7, 11) is 0. The average molecular weight is 302 g/mol. The molecule has 5 nitrogen and oxygen atoms in total. The van der Waals surface area contributed by atoms with Gasteiger partial charge in [0.1, 0.15) is 0 Å². The topological polar surface area (TPSA) is 69.6 Å². The Morgan fingerprint density at radius 3 is 2.82 bits per heavy atom. The number of aryl methyl sites for hydroxylation is 1. The molecule has 0 unspecified atom stereocenters. The number of urea groups is 1. The third-order valence-electron chi connectivity index (χ3n) is 3.73. The maximum absolute atomic E-state index is 12.0. The number of aliphatic carboxylic acids is 1. The van der Waals surface area contributed by atoms with Crippen LogP contribution in [0.3, 0.4) is 0 Å². The number of amides is 2. The molecule has 0 fully saturated rings. The van der Waals surface area contributed by atoms with Crippen LogP contribution in [0.5, 0.6) is 0 Å². The van der Waals surface area contributed by atoms with E-state index in [-0.39, 0.29) is 12.5 Å². The van der Waals surface area contributed by atoms with Crippen molar-refractivity contribution in [3.8, 4) is 0 Å². The first kappa shape index (κ1) is 16.1. The van der Waals surface area contributed by atoms with Crippen LogP contribution in [0.4, 0.5) is 4.79 Å². The van der Waals surface area contributed by atoms with E-state index in [0.29, 0.717) is 26.1 Å². The van der Waals surface area contributed by atoms with Crippen LogP contribution in [0, 0.1) is 6.92 Å². The van der Waals surface area contributed by atoms with Gasteiger partial charge in [-0.15, -0.1) is 0 Å². The molecule has 0 saturated heterocycles. The minimum absolute atomic E-state index is 0.0810. The SMILES string of the molecule is Cc1cccc(C2=CCN(C(=O)NCCCC(=O)O)CC2)c1. The van der Waals surface area contributed by atoms with Gasteiger partial charge in [-0.05, 0) is 30.9 Å². The molecule has 2 rings (SSSR count). The fraction of sp³-hybridized carbons (Fsp3) is 0.412. The molecule has 1 aromatic rings. The Bertz CT molecular complexity index is 581. The second-order valence-electron chi connectivity index (χ2n) is 5.52. The Morgan fingerprint density at radius 1 is 1.36 bits per heavy atom. The van der Waals surface area contributed by atoms with Crippen molar-refractivity contribution in [2.24, 2.45) is 0 Å². The first-order valence-corrected chi connectivity index (χ1v) is 7.57. The van der Waals surface area contributed by atoms with Gasteiger partial charge in [0.05, 0.1) is 0 Å². The molecule has 22 heavy (non-hydrogen) atoms. The normalized spacial score (nSPS) is 14.4. The monoisotopic (exact) mass is 302 g/mol. The zero-order chi connectivity index (χ0) is 15.9. The van der Waals surface area contributed by atoms with Crippen LogP contribution in [0.25, 0.3) is 5.57 Å². The summed E-state index contributed by atoms with van der Waals surface area (Å²) in [5.41, 5.74) is 3.73. The van der Waals surface area contributed by atoms with E-state index in [1.807, 2.05) is 6.07 Å². The third kappa shape index (κ3) is 4.62. The predicted molar refractivity (Wildman–Crippen MR) is 85.6 cm³/mol. The second kappa shape index (κ2) is 7.64. The van der Waals surface area contributed by atoms with Crippen LogP contribution in [-0.2, 0) is 4.79 Å². The Labute approximate surface area is 130 Å². The number of benzene rings is 1. The highest BCUT2D eigenvalue weighted by atomic mass is 16.4. The van der Waals surface area contributed by atoms with Crippen molar-refractivity contribution < 1.29 is 14.7 Å². The quantitative estimate of drug-likeness (QED) is 0.822. The van der Waals surface area contributed by atoms with E-state index in [0.717, 1.165) is 6.42 Å². The van der Waals surface area contributed by atoms with Crippen molar-refractivity contribution in [2.75, 3.05) is 19.6 Å². The molecular weight excluding hydrogens is 280 g/mol. The molecule has 1 aliphatic heterocycles. The number of carboxylic acids is 1. The van der Waals surface area contributed by atoms with Gasteiger partial charge >= 0.3 is 12.0 Å². The van der Waals surface area contributed by atoms with Gasteiger partial charge in [-0.2, -0.15) is 0 Å². The fourth-order valence-corrected chi connectivity index (χ4v) is 2.51. The molecule has 0 saturated carbocycles. The van der Waals surface area contributed by atoms with E-state index in [1.54, 1.807) is 4.90 Å². The molecule has 5 heteroatoms. The zero-order valence-electron chi connectivity index (χ0n) is 12.8. The summed E-state index contributed by atoms with van der Waals surface area (Å²) in [5.74, 6) is -0.835. The van der Waals surface area contributed by atoms with Gasteiger partial charge in [0.25, 0.3) is 0 Å². The highest BCUT2D eigenvalue weighted by molar-refractivity contribution is 5.76. The largest absolute Gasteiger partial charge is 0.481 e. The smallest absolute Gasteiger partial charge is 0.317 e. The van der Waals surface area contributed by atoms with Crippen LogP contribution in [-0.4, -0.2) is 41.6 Å². The number of nitrogens with zero attached hydrogens (tertiary/aromatic N) is 1. The Morgan fingerprint density at radius 2 is 2.18 bits per heavy atom. The molecule has 0 aromatic heterocycles. The van der Waals surface area contributed by atoms with Crippen molar-refractivity contribution in [1.82, 2.24) is 10.2 Å². The van der Waals surface area contributed by atoms with Gasteiger partial charge in [0.15, 0.2) is 0 Å². The Hall–Kier alpha value is -2.30. The summed E-state index contributed by atoms with van der Waals surface area (Å²) in [6.45, 7) is 3.75. The highest BCUT2D eigenvalue weighted by Crippen LogP contribution is 2.22. The number of carbonyl (C=O) groups is 2. The number of carbonyl (C=O) groups excluding carboxylic acids is 1. The summed E-state index contributed by atoms with van der Waals surface area (Å²) >= 11 is 0. The van der Waals surface area contributed by atoms with Crippen molar-refractivity contribution >= 4 is 17.6 Å². The molecule has 2 N–H and O–H groups in total. The number of carboxylic acid groups (broad SMARTS) is 1. The van der Waals surface area contributed by atoms with Gasteiger partial charge in [0, 0.05) is 26.1 Å². The van der Waals surface area contributed by atoms with Crippen LogP contribution >= 0.6 is 0 Å². The number of hydrogen-bond donors (Lipinski definition) is 2. The summed E-state index contributed by atoms with van der Waals surface area (Å²) in [6, 6.07) is 8.26. The zero-order valence-corrected chi connectivity index (χ0v) is 12.8. The first-order chi connectivity index (χ1) is 10.6. The maximum atomic E-state index is 12.0. The summed E-state index contributed by atoms with van der Waals surface area (Å²) in [6.07, 6.45) is 3.47. The van der Waals surface area contributed by atoms with Crippen LogP contribution in [0.15, 0.2) is 30.3 Å². The van der Waals surface area contributed by atoms with E-state index in [9.17, 15) is 9.59 Å². The van der Waals surface area contributed by atoms with E-state index in [2.05, 4.69) is 36.5 Å². The van der Waals surface area contributed by atoms with E-state index in [4.69, 9.17) is 5.11 Å². The molecule has 118 valence electrons. The molecule has 0 bridgehead atoms. The summed E-state index contributed by atoms with van der Waals surface area (Å²) in [4.78, 5) is 24.1. The molecule has 2 amide bonds. The summed E-state index contributed by atoms with van der Waals surface area (Å²) in [5, 5.41) is 11.3. The molecular formula is C17H22N2O3. The lowest BCUT2D eigenvalue weighted by molar-refractivity contribution is -0.137. The minimum Gasteiger partial charge on any atom is -0.481 e. The lowest BCUT2D eigenvalue weighted by Gasteiger charge is -2.27. The molecule has 0 atom stereocenters. The maximum Gasteiger partial charge on any atom is 0.317 e. The van der Waals surface area contributed by atoms with Gasteiger partial charge in [0.2, 0.25) is 0 Å². The van der Waals surface area contributed by atoms with Crippen LogP contribution in [0.1, 0.15) is 30.4 Å². The molecule has 1 heterocycles. The molecule has 1 aromatic carbocycles. The van der Waals surface area contributed by atoms with Gasteiger partial charge in [-0.3, -0.25) is 4.79 Å². The van der Waals surface area contributed by atoms with Crippen LogP contribution < -0.4 is 5.32 Å². The van der Waals surface area contributed by atoms with Crippen molar-refractivity contribution in [2.45, 2.75) is 26.2 Å². The fourth-order valence-electron chi connectivity index (χ4n) is 2.51. The number of nitrogens with one attached hydrogen (secondary N) is 1. The average Bonchev–Trinajstić information content (AvgIpc) is 2.51. The van der Waals surface area contributed by atoms with E-state index >= 15 is 0 Å². The van der Waals surface area contributed by atoms with Gasteiger partial charge in [-0.1, -0.05) is 35.9 Å². The van der Waals surface area contributed by atoms with Crippen LogP contribution in [0.2, 0.25) is 0 Å². The van der Waals surface area contributed by atoms with Crippen molar-refractivity contribution in [3.63, 3.8) is 0 Å². The second-order valence-corrected chi connectivity index (χ2v) is 5.52. The lowest BCUT2D eigenvalue weighted by atomic mass is 9.98. The molecule has 1 aliphatic rings. The van der Waals surface area contributed by atoms with E-state index in [1.165, 1.54) is 16.7 Å². The van der Waals surface area contributed by atoms with Gasteiger partial charge in [-0.25, -0.2) is 4.79 Å². The predicted octanol–water partition coefficient (Wildman–Crippen LogP) is 2.66. The number of rotatable bonds is 5. The molecule has 0 radical (unpaired) electrons. The van der Waals surface area contributed by atoms with E-state index < -0.39 is 5.97 Å². The standard InChI is InChI=1S/C17H22N2O3/c1-13-4-2-5-15(12-13)14-7-10-19(11-8-14)17(22)18-9-3-6-16(20)21/h2,4-5,7,12H,3,6,8-11H2,1H3,(H,18,22)(H,20,21). The summed E-state index contributed by atoms with van der Waals surface area (Å²) < 4.78 is 0. The molecule has 0 spiro atoms. The first-order valence-electron chi connectivity index (χ1n) is 7.57. The van der Waals surface area contributed by atoms with Gasteiger partial charge < -0.3 is 15.3 Å². The lowest BCUT2D eigenvalue weighted by Crippen LogP contribution is -2.42. The van der Waals surface area contributed by atoms with Crippen molar-refractivity contribution in [1.29, 1.82) is 0 Å². The minimum atomic E-state index is -0.835. The Balaban J connectivity index is 1.83. The molecule has 0 aliphatic carbocycles. The third-order valence-corrected chi connectivity index (χ3v) is 3.73.